The topological polar surface area (TPSA) is 131 Å². The van der Waals surface area contributed by atoms with Crippen LogP contribution in [0.5, 0.6) is 11.5 Å². The van der Waals surface area contributed by atoms with Crippen molar-refractivity contribution in [2.75, 3.05) is 6.61 Å². The van der Waals surface area contributed by atoms with E-state index in [4.69, 9.17) is 4.74 Å². The minimum absolute atomic E-state index is 0.0890. The van der Waals surface area contributed by atoms with Crippen LogP contribution in [-0.2, 0) is 11.2 Å². The number of phenolic OH excluding ortho intramolecular Hbond substituents is 2. The van der Waals surface area contributed by atoms with Crippen LogP contribution in [0.15, 0.2) is 36.4 Å². The molecule has 1 aromatic heterocycles. The number of thiophene rings is 1. The van der Waals surface area contributed by atoms with E-state index >= 15 is 0 Å². The molecule has 1 aliphatic heterocycles. The van der Waals surface area contributed by atoms with Crippen molar-refractivity contribution in [1.82, 2.24) is 0 Å². The van der Waals surface area contributed by atoms with Gasteiger partial charge in [0.05, 0.1) is 6.61 Å². The highest BCUT2D eigenvalue weighted by Gasteiger charge is 2.45. The zero-order chi connectivity index (χ0) is 21.6. The predicted molar refractivity (Wildman–Crippen MR) is 112 cm³/mol. The SMILES string of the molecule is Cc1c(Cc2cc3ccccc3s2)cc([C@@H]2O[C@H](CO)[C@@H](O)[C@H](O)[C@H]2O)c(O)c1O. The van der Waals surface area contributed by atoms with Crippen LogP contribution < -0.4 is 0 Å². The Morgan fingerprint density at radius 1 is 0.967 bits per heavy atom. The molecule has 0 saturated carbocycles. The lowest BCUT2D eigenvalue weighted by atomic mass is 9.88. The molecule has 7 nitrogen and oxygen atoms in total. The van der Waals surface area contributed by atoms with E-state index in [0.717, 1.165) is 20.5 Å². The highest BCUT2D eigenvalue weighted by Crippen LogP contribution is 2.43. The number of aliphatic hydroxyl groups is 4. The number of hydrogen-bond donors (Lipinski definition) is 6. The Bertz CT molecular complexity index is 1030. The Morgan fingerprint density at radius 3 is 2.40 bits per heavy atom. The summed E-state index contributed by atoms with van der Waals surface area (Å²) in [5, 5.41) is 62.1. The van der Waals surface area contributed by atoms with E-state index in [9.17, 15) is 30.6 Å². The van der Waals surface area contributed by atoms with Gasteiger partial charge in [-0.05, 0) is 41.6 Å². The van der Waals surface area contributed by atoms with Gasteiger partial charge >= 0.3 is 0 Å². The Hall–Kier alpha value is -2.20. The molecule has 3 aromatic rings. The lowest BCUT2D eigenvalue weighted by Crippen LogP contribution is -2.55. The molecule has 30 heavy (non-hydrogen) atoms. The zero-order valence-electron chi connectivity index (χ0n) is 16.3. The van der Waals surface area contributed by atoms with E-state index in [2.05, 4.69) is 6.07 Å². The first kappa shape index (κ1) is 21.0. The Labute approximate surface area is 177 Å². The molecule has 0 aliphatic carbocycles. The second kappa shape index (κ2) is 8.14. The maximum absolute atomic E-state index is 10.5. The van der Waals surface area contributed by atoms with Gasteiger partial charge in [-0.25, -0.2) is 0 Å². The molecule has 1 fully saturated rings. The lowest BCUT2D eigenvalue weighted by Gasteiger charge is -2.40. The van der Waals surface area contributed by atoms with Gasteiger partial charge in [0.1, 0.15) is 30.5 Å². The highest BCUT2D eigenvalue weighted by molar-refractivity contribution is 7.19. The van der Waals surface area contributed by atoms with Gasteiger partial charge in [0, 0.05) is 21.6 Å². The lowest BCUT2D eigenvalue weighted by molar-refractivity contribution is -0.232. The van der Waals surface area contributed by atoms with Crippen molar-refractivity contribution in [3.8, 4) is 11.5 Å². The number of rotatable bonds is 4. The molecule has 0 amide bonds. The highest BCUT2D eigenvalue weighted by atomic mass is 32.1. The molecule has 2 aromatic carbocycles. The molecule has 5 atom stereocenters. The Morgan fingerprint density at radius 2 is 1.70 bits per heavy atom. The summed E-state index contributed by atoms with van der Waals surface area (Å²) >= 11 is 1.63. The van der Waals surface area contributed by atoms with Gasteiger partial charge in [0.15, 0.2) is 11.5 Å². The molecule has 4 rings (SSSR count). The van der Waals surface area contributed by atoms with Crippen molar-refractivity contribution in [2.24, 2.45) is 0 Å². The maximum Gasteiger partial charge on any atom is 0.163 e. The van der Waals surface area contributed by atoms with Gasteiger partial charge < -0.3 is 35.4 Å². The summed E-state index contributed by atoms with van der Waals surface area (Å²) < 4.78 is 6.71. The van der Waals surface area contributed by atoms with Crippen molar-refractivity contribution < 1.29 is 35.4 Å². The Kier molecular flexibility index (Phi) is 5.71. The Balaban J connectivity index is 1.73. The molecule has 0 bridgehead atoms. The number of ether oxygens (including phenoxy) is 1. The first-order valence-electron chi connectivity index (χ1n) is 9.64. The van der Waals surface area contributed by atoms with Gasteiger partial charge in [0.25, 0.3) is 0 Å². The van der Waals surface area contributed by atoms with E-state index in [1.54, 1.807) is 24.3 Å². The molecule has 0 unspecified atom stereocenters. The van der Waals surface area contributed by atoms with Crippen molar-refractivity contribution in [3.05, 3.63) is 58.0 Å². The number of aromatic hydroxyl groups is 2. The summed E-state index contributed by atoms with van der Waals surface area (Å²) in [6.45, 7) is 1.11. The molecule has 8 heteroatoms. The van der Waals surface area contributed by atoms with Crippen LogP contribution in [0.1, 0.15) is 27.7 Å². The van der Waals surface area contributed by atoms with Gasteiger partial charge in [-0.3, -0.25) is 0 Å². The fraction of sp³-hybridized carbons (Fsp3) is 0.364. The monoisotopic (exact) mass is 432 g/mol. The first-order valence-corrected chi connectivity index (χ1v) is 10.5. The van der Waals surface area contributed by atoms with Crippen molar-refractivity contribution in [1.29, 1.82) is 0 Å². The van der Waals surface area contributed by atoms with Gasteiger partial charge in [-0.1, -0.05) is 18.2 Å². The number of fused-ring (bicyclic) bond motifs is 1. The van der Waals surface area contributed by atoms with Crippen molar-refractivity contribution >= 4 is 21.4 Å². The molecule has 160 valence electrons. The maximum atomic E-state index is 10.5. The largest absolute Gasteiger partial charge is 0.504 e. The van der Waals surface area contributed by atoms with Gasteiger partial charge in [0.2, 0.25) is 0 Å². The molecule has 1 saturated heterocycles. The smallest absolute Gasteiger partial charge is 0.163 e. The average Bonchev–Trinajstić information content (AvgIpc) is 3.15. The molecular formula is C22H24O7S. The molecule has 0 spiro atoms. The second-order valence-corrected chi connectivity index (χ2v) is 8.79. The molecule has 0 radical (unpaired) electrons. The van der Waals surface area contributed by atoms with E-state index in [-0.39, 0.29) is 11.3 Å². The number of benzene rings is 2. The first-order chi connectivity index (χ1) is 14.3. The van der Waals surface area contributed by atoms with Crippen LogP contribution >= 0.6 is 11.3 Å². The summed E-state index contributed by atoms with van der Waals surface area (Å²) in [5.74, 6) is -0.794. The van der Waals surface area contributed by atoms with Crippen LogP contribution in [0.2, 0.25) is 0 Å². The van der Waals surface area contributed by atoms with E-state index in [1.807, 2.05) is 24.3 Å². The van der Waals surface area contributed by atoms with E-state index in [1.165, 1.54) is 0 Å². The fourth-order valence-corrected chi connectivity index (χ4v) is 4.99. The summed E-state index contributed by atoms with van der Waals surface area (Å²) in [6.07, 6.45) is -6.47. The summed E-state index contributed by atoms with van der Waals surface area (Å²) in [4.78, 5) is 1.06. The summed E-state index contributed by atoms with van der Waals surface area (Å²) in [6, 6.07) is 11.7. The van der Waals surface area contributed by atoms with Gasteiger partial charge in [-0.15, -0.1) is 11.3 Å². The van der Waals surface area contributed by atoms with Crippen LogP contribution in [0.4, 0.5) is 0 Å². The van der Waals surface area contributed by atoms with Crippen LogP contribution in [0.3, 0.4) is 0 Å². The molecule has 1 aliphatic rings. The minimum Gasteiger partial charge on any atom is -0.504 e. The summed E-state index contributed by atoms with van der Waals surface area (Å²) in [7, 11) is 0. The fourth-order valence-electron chi connectivity index (χ4n) is 3.90. The third-order valence-electron chi connectivity index (χ3n) is 5.70. The van der Waals surface area contributed by atoms with Crippen LogP contribution in [0.25, 0.3) is 10.1 Å². The third-order valence-corrected chi connectivity index (χ3v) is 6.82. The molecule has 2 heterocycles. The number of phenols is 2. The quantitative estimate of drug-likeness (QED) is 0.346. The van der Waals surface area contributed by atoms with E-state index < -0.39 is 42.9 Å². The molecule has 6 N–H and O–H groups in total. The van der Waals surface area contributed by atoms with Crippen molar-refractivity contribution in [2.45, 2.75) is 43.9 Å². The second-order valence-electron chi connectivity index (χ2n) is 7.62. The number of aliphatic hydroxyl groups excluding tert-OH is 4. The van der Waals surface area contributed by atoms with Crippen LogP contribution in [0, 0.1) is 6.92 Å². The predicted octanol–water partition coefficient (Wildman–Crippen LogP) is 1.73. The van der Waals surface area contributed by atoms with Crippen molar-refractivity contribution in [3.63, 3.8) is 0 Å². The standard InChI is InChI=1S/C22H24O7S/c1-10-12(7-13-6-11-4-2-3-5-16(11)30-13)8-14(18(25)17(10)24)22-21(28)20(27)19(26)15(9-23)29-22/h2-6,8,15,19-28H,7,9H2,1H3/t15-,19-,20+,21-,22+/m1/s1. The zero-order valence-corrected chi connectivity index (χ0v) is 17.1. The van der Waals surface area contributed by atoms with Crippen LogP contribution in [-0.4, -0.2) is 61.7 Å². The van der Waals surface area contributed by atoms with Gasteiger partial charge in [-0.2, -0.15) is 0 Å². The summed E-state index contributed by atoms with van der Waals surface area (Å²) in [5.41, 5.74) is 1.31. The van der Waals surface area contributed by atoms with E-state index in [0.29, 0.717) is 12.0 Å². The average molecular weight is 432 g/mol. The number of hydrogen-bond acceptors (Lipinski definition) is 8. The minimum atomic E-state index is -1.57. The molecular weight excluding hydrogens is 408 g/mol. The third kappa shape index (κ3) is 3.56. The normalized spacial score (nSPS) is 26.9.